The molecule has 1 heterocycles. The molecule has 15 heavy (non-hydrogen) atoms. The Labute approximate surface area is 94.8 Å². The van der Waals surface area contributed by atoms with Crippen molar-refractivity contribution in [3.8, 4) is 6.07 Å². The molecular formula is C12H14N2S. The van der Waals surface area contributed by atoms with Crippen molar-refractivity contribution in [1.82, 2.24) is 4.90 Å². The molecule has 0 spiro atoms. The van der Waals surface area contributed by atoms with Gasteiger partial charge in [0.05, 0.1) is 6.07 Å². The summed E-state index contributed by atoms with van der Waals surface area (Å²) in [5.41, 5.74) is 1.05. The number of nitrogens with zero attached hydrogens (tertiary/aromatic N) is 2. The quantitative estimate of drug-likeness (QED) is 0.686. The monoisotopic (exact) mass is 218 g/mol. The van der Waals surface area contributed by atoms with Crippen molar-refractivity contribution in [2.75, 3.05) is 13.1 Å². The largest absolute Gasteiger partial charge is 0.277 e. The van der Waals surface area contributed by atoms with Crippen LogP contribution in [0.15, 0.2) is 42.1 Å². The van der Waals surface area contributed by atoms with Gasteiger partial charge in [0.1, 0.15) is 6.04 Å². The van der Waals surface area contributed by atoms with Crippen molar-refractivity contribution in [2.24, 2.45) is 0 Å². The van der Waals surface area contributed by atoms with E-state index < -0.39 is 0 Å². The third kappa shape index (κ3) is 3.05. The Bertz CT molecular complexity index is 338. The number of hydrogen-bond acceptors (Lipinski definition) is 3. The molecule has 1 aromatic heterocycles. The van der Waals surface area contributed by atoms with Crippen LogP contribution in [0.25, 0.3) is 0 Å². The molecule has 1 rings (SSSR count). The summed E-state index contributed by atoms with van der Waals surface area (Å²) in [4.78, 5) is 2.03. The molecule has 1 aromatic rings. The second-order valence-corrected chi connectivity index (χ2v) is 3.90. The van der Waals surface area contributed by atoms with Crippen LogP contribution in [0.3, 0.4) is 0 Å². The normalized spacial score (nSPS) is 12.0. The van der Waals surface area contributed by atoms with E-state index in [4.69, 9.17) is 5.26 Å². The van der Waals surface area contributed by atoms with Gasteiger partial charge in [-0.2, -0.15) is 16.6 Å². The molecule has 0 bridgehead atoms. The van der Waals surface area contributed by atoms with E-state index in [0.29, 0.717) is 13.1 Å². The Hall–Kier alpha value is -1.37. The van der Waals surface area contributed by atoms with Gasteiger partial charge in [-0.25, -0.2) is 0 Å². The summed E-state index contributed by atoms with van der Waals surface area (Å²) in [7, 11) is 0. The van der Waals surface area contributed by atoms with Gasteiger partial charge in [0.25, 0.3) is 0 Å². The topological polar surface area (TPSA) is 27.0 Å². The van der Waals surface area contributed by atoms with Crippen molar-refractivity contribution in [3.63, 3.8) is 0 Å². The van der Waals surface area contributed by atoms with Gasteiger partial charge in [-0.15, -0.1) is 13.2 Å². The number of thiophene rings is 1. The second kappa shape index (κ2) is 6.18. The summed E-state index contributed by atoms with van der Waals surface area (Å²) in [6, 6.07) is 4.09. The Balaban J connectivity index is 2.83. The first-order valence-electron chi connectivity index (χ1n) is 4.71. The highest BCUT2D eigenvalue weighted by atomic mass is 32.1. The lowest BCUT2D eigenvalue weighted by molar-refractivity contribution is 0.291. The van der Waals surface area contributed by atoms with Crippen LogP contribution >= 0.6 is 11.3 Å². The van der Waals surface area contributed by atoms with E-state index in [1.54, 1.807) is 23.5 Å². The first-order valence-corrected chi connectivity index (χ1v) is 5.65. The lowest BCUT2D eigenvalue weighted by Gasteiger charge is -2.23. The fourth-order valence-corrected chi connectivity index (χ4v) is 2.09. The lowest BCUT2D eigenvalue weighted by atomic mass is 10.1. The summed E-state index contributed by atoms with van der Waals surface area (Å²) in [6.07, 6.45) is 3.61. The Morgan fingerprint density at radius 2 is 2.13 bits per heavy atom. The van der Waals surface area contributed by atoms with Crippen LogP contribution in [0.4, 0.5) is 0 Å². The molecule has 78 valence electrons. The smallest absolute Gasteiger partial charge is 0.125 e. The summed E-state index contributed by atoms with van der Waals surface area (Å²) < 4.78 is 0. The highest BCUT2D eigenvalue weighted by Gasteiger charge is 2.17. The van der Waals surface area contributed by atoms with E-state index >= 15 is 0 Å². The SMILES string of the molecule is C=CCN(CC=C)C(C#N)c1ccsc1. The Morgan fingerprint density at radius 1 is 1.47 bits per heavy atom. The van der Waals surface area contributed by atoms with Crippen molar-refractivity contribution in [1.29, 1.82) is 5.26 Å². The van der Waals surface area contributed by atoms with Gasteiger partial charge in [-0.1, -0.05) is 12.2 Å². The van der Waals surface area contributed by atoms with Gasteiger partial charge in [-0.3, -0.25) is 4.90 Å². The molecule has 0 amide bonds. The molecule has 0 aliphatic heterocycles. The standard InChI is InChI=1S/C12H14N2S/c1-3-6-14(7-4-2)12(9-13)11-5-8-15-10-11/h3-5,8,10,12H,1-2,6-7H2. The van der Waals surface area contributed by atoms with Crippen molar-refractivity contribution in [3.05, 3.63) is 47.7 Å². The van der Waals surface area contributed by atoms with E-state index in [2.05, 4.69) is 19.2 Å². The van der Waals surface area contributed by atoms with Gasteiger partial charge in [-0.05, 0) is 22.4 Å². The minimum absolute atomic E-state index is 0.202. The van der Waals surface area contributed by atoms with E-state index in [9.17, 15) is 0 Å². The van der Waals surface area contributed by atoms with Gasteiger partial charge in [0, 0.05) is 13.1 Å². The van der Waals surface area contributed by atoms with E-state index in [0.717, 1.165) is 5.56 Å². The molecule has 0 radical (unpaired) electrons. The molecule has 0 aliphatic rings. The Kier molecular flexibility index (Phi) is 4.82. The maximum atomic E-state index is 9.17. The zero-order chi connectivity index (χ0) is 11.1. The number of rotatable bonds is 6. The summed E-state index contributed by atoms with van der Waals surface area (Å²) in [5.74, 6) is 0. The predicted octanol–water partition coefficient (Wildman–Crippen LogP) is 2.99. The van der Waals surface area contributed by atoms with E-state index in [1.165, 1.54) is 0 Å². The molecule has 1 atom stereocenters. The van der Waals surface area contributed by atoms with Crippen LogP contribution in [-0.2, 0) is 0 Å². The van der Waals surface area contributed by atoms with Gasteiger partial charge in [0.15, 0.2) is 0 Å². The van der Waals surface area contributed by atoms with Crippen molar-refractivity contribution < 1.29 is 0 Å². The zero-order valence-electron chi connectivity index (χ0n) is 8.60. The molecular weight excluding hydrogens is 204 g/mol. The molecule has 0 aromatic carbocycles. The highest BCUT2D eigenvalue weighted by Crippen LogP contribution is 2.22. The van der Waals surface area contributed by atoms with Crippen LogP contribution in [0.2, 0.25) is 0 Å². The molecule has 0 saturated heterocycles. The summed E-state index contributed by atoms with van der Waals surface area (Å²) in [5, 5.41) is 13.2. The van der Waals surface area contributed by atoms with E-state index in [-0.39, 0.29) is 6.04 Å². The first kappa shape index (κ1) is 11.7. The van der Waals surface area contributed by atoms with Crippen LogP contribution in [-0.4, -0.2) is 18.0 Å². The highest BCUT2D eigenvalue weighted by molar-refractivity contribution is 7.08. The van der Waals surface area contributed by atoms with Crippen molar-refractivity contribution in [2.45, 2.75) is 6.04 Å². The second-order valence-electron chi connectivity index (χ2n) is 3.12. The molecule has 0 aliphatic carbocycles. The molecule has 0 N–H and O–H groups in total. The van der Waals surface area contributed by atoms with Crippen LogP contribution < -0.4 is 0 Å². The number of hydrogen-bond donors (Lipinski definition) is 0. The third-order valence-electron chi connectivity index (χ3n) is 2.07. The summed E-state index contributed by atoms with van der Waals surface area (Å²) >= 11 is 1.61. The molecule has 0 fully saturated rings. The lowest BCUT2D eigenvalue weighted by Crippen LogP contribution is -2.28. The number of nitriles is 1. The first-order chi connectivity index (χ1) is 7.33. The Morgan fingerprint density at radius 3 is 2.53 bits per heavy atom. The molecule has 2 nitrogen and oxygen atoms in total. The minimum atomic E-state index is -0.202. The fourth-order valence-electron chi connectivity index (χ4n) is 1.41. The average Bonchev–Trinajstić information content (AvgIpc) is 2.73. The van der Waals surface area contributed by atoms with Crippen molar-refractivity contribution >= 4 is 11.3 Å². The molecule has 0 saturated carbocycles. The molecule has 3 heteroatoms. The van der Waals surface area contributed by atoms with E-state index in [1.807, 2.05) is 21.7 Å². The van der Waals surface area contributed by atoms with Gasteiger partial charge in [0.2, 0.25) is 0 Å². The maximum Gasteiger partial charge on any atom is 0.125 e. The average molecular weight is 218 g/mol. The van der Waals surface area contributed by atoms with Crippen LogP contribution in [0, 0.1) is 11.3 Å². The third-order valence-corrected chi connectivity index (χ3v) is 2.78. The van der Waals surface area contributed by atoms with Crippen LogP contribution in [0.5, 0.6) is 0 Å². The van der Waals surface area contributed by atoms with Gasteiger partial charge < -0.3 is 0 Å². The zero-order valence-corrected chi connectivity index (χ0v) is 9.41. The summed E-state index contributed by atoms with van der Waals surface area (Å²) in [6.45, 7) is 8.79. The maximum absolute atomic E-state index is 9.17. The fraction of sp³-hybridized carbons (Fsp3) is 0.250. The predicted molar refractivity (Wildman–Crippen MR) is 64.6 cm³/mol. The van der Waals surface area contributed by atoms with Crippen LogP contribution in [0.1, 0.15) is 11.6 Å². The minimum Gasteiger partial charge on any atom is -0.277 e. The molecule has 1 unspecified atom stereocenters. The van der Waals surface area contributed by atoms with Gasteiger partial charge >= 0.3 is 0 Å².